The summed E-state index contributed by atoms with van der Waals surface area (Å²) in [5.74, 6) is -0.490. The smallest absolute Gasteiger partial charge is 0.250 e. The van der Waals surface area contributed by atoms with Crippen LogP contribution in [0.4, 0.5) is 11.4 Å². The van der Waals surface area contributed by atoms with Gasteiger partial charge in [0.05, 0.1) is 5.56 Å². The molecule has 5 N–H and O–H groups in total. The molecule has 1 aromatic carbocycles. The van der Waals surface area contributed by atoms with Crippen molar-refractivity contribution in [1.29, 1.82) is 0 Å². The highest BCUT2D eigenvalue weighted by atomic mass is 16.1. The number of hydrogen-bond donors (Lipinski definition) is 3. The number of amides is 1. The number of piperidine rings is 1. The van der Waals surface area contributed by atoms with E-state index in [9.17, 15) is 4.79 Å². The number of anilines is 2. The highest BCUT2D eigenvalue weighted by molar-refractivity contribution is 5.98. The number of nitrogens with two attached hydrogens (primary N) is 2. The Labute approximate surface area is 113 Å². The van der Waals surface area contributed by atoms with Gasteiger partial charge in [-0.05, 0) is 44.6 Å². The summed E-state index contributed by atoms with van der Waals surface area (Å²) in [4.78, 5) is 13.6. The van der Waals surface area contributed by atoms with Crippen LogP contribution in [0.15, 0.2) is 18.2 Å². The molecular weight excluding hydrogens is 240 g/mol. The molecule has 1 aromatic rings. The number of carbonyl (C=O) groups is 1. The van der Waals surface area contributed by atoms with Crippen molar-refractivity contribution in [3.05, 3.63) is 23.8 Å². The maximum absolute atomic E-state index is 11.2. The van der Waals surface area contributed by atoms with Gasteiger partial charge in [0.1, 0.15) is 0 Å². The van der Waals surface area contributed by atoms with Crippen molar-refractivity contribution in [2.24, 2.45) is 5.73 Å². The molecule has 0 saturated carbocycles. The van der Waals surface area contributed by atoms with E-state index < -0.39 is 5.91 Å². The van der Waals surface area contributed by atoms with E-state index in [0.29, 0.717) is 17.3 Å². The van der Waals surface area contributed by atoms with E-state index in [4.69, 9.17) is 11.5 Å². The van der Waals surface area contributed by atoms with Gasteiger partial charge in [-0.3, -0.25) is 4.79 Å². The summed E-state index contributed by atoms with van der Waals surface area (Å²) in [7, 11) is 2.16. The minimum absolute atomic E-state index is 0.377. The van der Waals surface area contributed by atoms with Crippen molar-refractivity contribution in [3.63, 3.8) is 0 Å². The molecule has 19 heavy (non-hydrogen) atoms. The van der Waals surface area contributed by atoms with Crippen LogP contribution in [-0.2, 0) is 0 Å². The Hall–Kier alpha value is -1.75. The van der Waals surface area contributed by atoms with Gasteiger partial charge < -0.3 is 21.7 Å². The summed E-state index contributed by atoms with van der Waals surface area (Å²) in [5.41, 5.74) is 12.7. The van der Waals surface area contributed by atoms with E-state index in [-0.39, 0.29) is 0 Å². The Kier molecular flexibility index (Phi) is 4.27. The van der Waals surface area contributed by atoms with E-state index in [0.717, 1.165) is 18.8 Å². The van der Waals surface area contributed by atoms with Crippen LogP contribution in [0.1, 0.15) is 29.6 Å². The van der Waals surface area contributed by atoms with Crippen LogP contribution in [0.3, 0.4) is 0 Å². The molecule has 2 rings (SSSR count). The lowest BCUT2D eigenvalue weighted by atomic mass is 10.0. The Bertz CT molecular complexity index is 461. The highest BCUT2D eigenvalue weighted by Gasteiger charge is 2.18. The van der Waals surface area contributed by atoms with E-state index in [1.54, 1.807) is 12.1 Å². The lowest BCUT2D eigenvalue weighted by Crippen LogP contribution is -2.40. The molecule has 1 saturated heterocycles. The molecule has 104 valence electrons. The van der Waals surface area contributed by atoms with Crippen molar-refractivity contribution >= 4 is 17.3 Å². The Morgan fingerprint density at radius 3 is 2.95 bits per heavy atom. The number of likely N-dealkylation sites (tertiary alicyclic amines) is 1. The normalized spacial score (nSPS) is 20.2. The van der Waals surface area contributed by atoms with Crippen LogP contribution >= 0.6 is 0 Å². The molecule has 0 radical (unpaired) electrons. The van der Waals surface area contributed by atoms with Crippen LogP contribution in [0.2, 0.25) is 0 Å². The second-order valence-corrected chi connectivity index (χ2v) is 5.18. The zero-order valence-electron chi connectivity index (χ0n) is 11.4. The van der Waals surface area contributed by atoms with Crippen LogP contribution in [0.25, 0.3) is 0 Å². The van der Waals surface area contributed by atoms with Gasteiger partial charge in [0, 0.05) is 24.0 Å². The fraction of sp³-hybridized carbons (Fsp3) is 0.500. The molecule has 1 aliphatic heterocycles. The zero-order chi connectivity index (χ0) is 13.8. The molecule has 1 fully saturated rings. The van der Waals surface area contributed by atoms with Gasteiger partial charge in [-0.1, -0.05) is 6.42 Å². The van der Waals surface area contributed by atoms with Crippen molar-refractivity contribution in [2.45, 2.75) is 25.3 Å². The van der Waals surface area contributed by atoms with Gasteiger partial charge >= 0.3 is 0 Å². The number of primary amides is 1. The maximum atomic E-state index is 11.2. The summed E-state index contributed by atoms with van der Waals surface area (Å²) in [6.07, 6.45) is 3.77. The van der Waals surface area contributed by atoms with Crippen LogP contribution in [0, 0.1) is 0 Å². The van der Waals surface area contributed by atoms with E-state index >= 15 is 0 Å². The summed E-state index contributed by atoms with van der Waals surface area (Å²) in [6, 6.07) is 5.86. The number of nitrogen functional groups attached to an aromatic ring is 1. The second-order valence-electron chi connectivity index (χ2n) is 5.18. The van der Waals surface area contributed by atoms with Crippen molar-refractivity contribution in [1.82, 2.24) is 4.90 Å². The second kappa shape index (κ2) is 5.93. The van der Waals surface area contributed by atoms with Gasteiger partial charge in [-0.25, -0.2) is 0 Å². The van der Waals surface area contributed by atoms with Gasteiger partial charge in [-0.2, -0.15) is 0 Å². The Morgan fingerprint density at radius 1 is 1.47 bits per heavy atom. The molecule has 1 unspecified atom stereocenters. The topological polar surface area (TPSA) is 84.4 Å². The number of likely N-dealkylation sites (N-methyl/N-ethyl adjacent to an activating group) is 1. The zero-order valence-corrected chi connectivity index (χ0v) is 11.4. The van der Waals surface area contributed by atoms with Crippen molar-refractivity contribution < 1.29 is 4.79 Å². The quantitative estimate of drug-likeness (QED) is 0.713. The monoisotopic (exact) mass is 262 g/mol. The lowest BCUT2D eigenvalue weighted by Gasteiger charge is -2.32. The molecule has 1 atom stereocenters. The number of rotatable bonds is 4. The summed E-state index contributed by atoms with van der Waals surface area (Å²) < 4.78 is 0. The molecule has 0 aromatic heterocycles. The van der Waals surface area contributed by atoms with Crippen LogP contribution < -0.4 is 16.8 Å². The molecule has 0 aliphatic carbocycles. The molecule has 1 aliphatic rings. The largest absolute Gasteiger partial charge is 0.398 e. The predicted octanol–water partition coefficient (Wildman–Crippen LogP) is 1.26. The summed E-state index contributed by atoms with van der Waals surface area (Å²) in [5, 5.41) is 3.36. The van der Waals surface area contributed by atoms with Crippen molar-refractivity contribution in [2.75, 3.05) is 31.2 Å². The lowest BCUT2D eigenvalue weighted by molar-refractivity contribution is 0.100. The average molecular weight is 262 g/mol. The number of benzene rings is 1. The SMILES string of the molecule is CN1CCCCC1CNc1ccc(N)c(C(N)=O)c1. The number of hydrogen-bond acceptors (Lipinski definition) is 4. The summed E-state index contributed by atoms with van der Waals surface area (Å²) >= 11 is 0. The number of carbonyl (C=O) groups excluding carboxylic acids is 1. The minimum Gasteiger partial charge on any atom is -0.398 e. The molecule has 0 bridgehead atoms. The Morgan fingerprint density at radius 2 is 2.26 bits per heavy atom. The fourth-order valence-corrected chi connectivity index (χ4v) is 2.52. The first-order valence-corrected chi connectivity index (χ1v) is 6.71. The molecule has 0 spiro atoms. The Balaban J connectivity index is 1.99. The van der Waals surface area contributed by atoms with Crippen LogP contribution in [0.5, 0.6) is 0 Å². The molecule has 5 heteroatoms. The van der Waals surface area contributed by atoms with E-state index in [1.807, 2.05) is 6.07 Å². The van der Waals surface area contributed by atoms with Gasteiger partial charge in [0.25, 0.3) is 5.91 Å². The highest BCUT2D eigenvalue weighted by Crippen LogP contribution is 2.19. The predicted molar refractivity (Wildman–Crippen MR) is 78.1 cm³/mol. The average Bonchev–Trinajstić information content (AvgIpc) is 2.39. The molecule has 5 nitrogen and oxygen atoms in total. The number of nitrogens with one attached hydrogen (secondary N) is 1. The first-order valence-electron chi connectivity index (χ1n) is 6.71. The van der Waals surface area contributed by atoms with Gasteiger partial charge in [0.15, 0.2) is 0 Å². The minimum atomic E-state index is -0.490. The van der Waals surface area contributed by atoms with Crippen molar-refractivity contribution in [3.8, 4) is 0 Å². The fourth-order valence-electron chi connectivity index (χ4n) is 2.52. The first kappa shape index (κ1) is 13.7. The van der Waals surface area contributed by atoms with Crippen LogP contribution in [-0.4, -0.2) is 37.0 Å². The maximum Gasteiger partial charge on any atom is 0.250 e. The molecular formula is C14H22N4O. The summed E-state index contributed by atoms with van der Waals surface area (Å²) in [6.45, 7) is 2.03. The molecule has 1 heterocycles. The van der Waals surface area contributed by atoms with E-state index in [1.165, 1.54) is 19.3 Å². The first-order chi connectivity index (χ1) is 9.08. The van der Waals surface area contributed by atoms with Gasteiger partial charge in [0.2, 0.25) is 0 Å². The molecule has 1 amide bonds. The van der Waals surface area contributed by atoms with E-state index in [2.05, 4.69) is 17.3 Å². The number of nitrogens with zero attached hydrogens (tertiary/aromatic N) is 1. The van der Waals surface area contributed by atoms with Gasteiger partial charge in [-0.15, -0.1) is 0 Å². The third-order valence-corrected chi connectivity index (χ3v) is 3.78. The third kappa shape index (κ3) is 3.38. The standard InChI is InChI=1S/C14H22N4O/c1-18-7-3-2-4-11(18)9-17-10-5-6-13(15)12(8-10)14(16)19/h5-6,8,11,17H,2-4,7,9,15H2,1H3,(H2,16,19). The third-order valence-electron chi connectivity index (χ3n) is 3.78.